The van der Waals surface area contributed by atoms with Crippen molar-refractivity contribution in [3.8, 4) is 0 Å². The molecule has 0 unspecified atom stereocenters. The van der Waals surface area contributed by atoms with Gasteiger partial charge in [0.15, 0.2) is 5.76 Å². The van der Waals surface area contributed by atoms with Gasteiger partial charge in [-0.1, -0.05) is 0 Å². The summed E-state index contributed by atoms with van der Waals surface area (Å²) in [4.78, 5) is 0. The summed E-state index contributed by atoms with van der Waals surface area (Å²) in [6.07, 6.45) is -0.174. The van der Waals surface area contributed by atoms with Gasteiger partial charge in [0.1, 0.15) is 0 Å². The molecule has 52 valence electrons. The molecule has 0 aromatic carbocycles. The molecule has 0 atom stereocenters. The third-order valence-electron chi connectivity index (χ3n) is 1.06. The van der Waals surface area contributed by atoms with Crippen molar-refractivity contribution in [2.45, 2.75) is 11.8 Å². The molecule has 0 spiro atoms. The Morgan fingerprint density at radius 1 is 1.22 bits per heavy atom. The number of alkyl halides is 4. The van der Waals surface area contributed by atoms with Crippen LogP contribution in [-0.4, -0.2) is 17.0 Å². The van der Waals surface area contributed by atoms with E-state index in [0.29, 0.717) is 0 Å². The van der Waals surface area contributed by atoms with Crippen molar-refractivity contribution in [1.82, 2.24) is 0 Å². The molecule has 0 radical (unpaired) electrons. The second-order valence-electron chi connectivity index (χ2n) is 1.73. The van der Waals surface area contributed by atoms with E-state index in [4.69, 9.17) is 5.11 Å². The largest absolute Gasteiger partial charge is 0.506 e. The molecule has 0 fully saturated rings. The van der Waals surface area contributed by atoms with Crippen LogP contribution in [0.1, 0.15) is 0 Å². The number of hydrogen-bond donors (Lipinski definition) is 1. The highest BCUT2D eigenvalue weighted by atomic mass is 19.3. The summed E-state index contributed by atoms with van der Waals surface area (Å²) in [6, 6.07) is 0. The average molecular weight is 142 g/mol. The van der Waals surface area contributed by atoms with Gasteiger partial charge in [0.05, 0.1) is 0 Å². The topological polar surface area (TPSA) is 20.2 Å². The molecule has 5 heteroatoms. The summed E-state index contributed by atoms with van der Waals surface area (Å²) in [5, 5.41) is 7.94. The Bertz CT molecular complexity index is 171. The first-order chi connectivity index (χ1) is 3.88. The van der Waals surface area contributed by atoms with Crippen molar-refractivity contribution in [2.75, 3.05) is 0 Å². The molecule has 0 saturated carbocycles. The average Bonchev–Trinajstić information content (AvgIpc) is 1.65. The second kappa shape index (κ2) is 1.22. The van der Waals surface area contributed by atoms with Crippen molar-refractivity contribution >= 4 is 0 Å². The zero-order valence-electron chi connectivity index (χ0n) is 4.04. The van der Waals surface area contributed by atoms with Crippen LogP contribution in [0.5, 0.6) is 0 Å². The van der Waals surface area contributed by atoms with E-state index in [-0.39, 0.29) is 6.08 Å². The maximum Gasteiger partial charge on any atom is 0.369 e. The SMILES string of the molecule is OC1=CC(F)(F)C1(F)F. The van der Waals surface area contributed by atoms with Crippen LogP contribution in [0, 0.1) is 0 Å². The van der Waals surface area contributed by atoms with Crippen molar-refractivity contribution in [3.05, 3.63) is 11.8 Å². The minimum Gasteiger partial charge on any atom is -0.506 e. The van der Waals surface area contributed by atoms with Crippen LogP contribution in [0.25, 0.3) is 0 Å². The highest BCUT2D eigenvalue weighted by molar-refractivity contribution is 5.28. The van der Waals surface area contributed by atoms with E-state index in [1.807, 2.05) is 0 Å². The lowest BCUT2D eigenvalue weighted by atomic mass is 9.98. The summed E-state index contributed by atoms with van der Waals surface area (Å²) in [5.41, 5.74) is 0. The van der Waals surface area contributed by atoms with Gasteiger partial charge in [-0.2, -0.15) is 17.6 Å². The van der Waals surface area contributed by atoms with Crippen molar-refractivity contribution in [1.29, 1.82) is 0 Å². The van der Waals surface area contributed by atoms with Gasteiger partial charge in [0.25, 0.3) is 0 Å². The Hall–Kier alpha value is -0.740. The lowest BCUT2D eigenvalue weighted by Gasteiger charge is -2.30. The molecular formula is C4H2F4O. The zero-order chi connectivity index (χ0) is 7.28. The molecular weight excluding hydrogens is 140 g/mol. The minimum absolute atomic E-state index is 0.174. The Kier molecular flexibility index (Phi) is 0.866. The maximum atomic E-state index is 11.6. The quantitative estimate of drug-likeness (QED) is 0.510. The van der Waals surface area contributed by atoms with E-state index in [9.17, 15) is 17.6 Å². The molecule has 1 N–H and O–H groups in total. The predicted octanol–water partition coefficient (Wildman–Crippen LogP) is 1.71. The fourth-order valence-corrected chi connectivity index (χ4v) is 0.446. The lowest BCUT2D eigenvalue weighted by Crippen LogP contribution is -2.48. The van der Waals surface area contributed by atoms with Gasteiger partial charge in [-0.3, -0.25) is 0 Å². The van der Waals surface area contributed by atoms with Gasteiger partial charge in [0, 0.05) is 6.08 Å². The molecule has 1 nitrogen and oxygen atoms in total. The number of rotatable bonds is 0. The number of allylic oxidation sites excluding steroid dienone is 2. The molecule has 1 aliphatic carbocycles. The number of halogens is 4. The van der Waals surface area contributed by atoms with E-state index >= 15 is 0 Å². The van der Waals surface area contributed by atoms with Crippen molar-refractivity contribution in [3.63, 3.8) is 0 Å². The van der Waals surface area contributed by atoms with E-state index < -0.39 is 17.6 Å². The van der Waals surface area contributed by atoms with Crippen LogP contribution in [0.15, 0.2) is 11.8 Å². The minimum atomic E-state index is -4.34. The second-order valence-corrected chi connectivity index (χ2v) is 1.73. The standard InChI is InChI=1S/C4H2F4O/c5-3(6)1-2(9)4(3,7)8/h1,9H. The molecule has 0 aromatic rings. The maximum absolute atomic E-state index is 11.6. The zero-order valence-corrected chi connectivity index (χ0v) is 4.04. The van der Waals surface area contributed by atoms with Crippen LogP contribution in [0.2, 0.25) is 0 Å². The van der Waals surface area contributed by atoms with Gasteiger partial charge < -0.3 is 5.11 Å². The monoisotopic (exact) mass is 142 g/mol. The smallest absolute Gasteiger partial charge is 0.369 e. The molecule has 0 aromatic heterocycles. The molecule has 1 rings (SSSR count). The Balaban J connectivity index is 2.94. The van der Waals surface area contributed by atoms with Gasteiger partial charge >= 0.3 is 11.8 Å². The summed E-state index contributed by atoms with van der Waals surface area (Å²) >= 11 is 0. The van der Waals surface area contributed by atoms with Crippen LogP contribution in [0.4, 0.5) is 17.6 Å². The number of aliphatic hydroxyl groups is 1. The van der Waals surface area contributed by atoms with Crippen molar-refractivity contribution < 1.29 is 22.7 Å². The van der Waals surface area contributed by atoms with E-state index in [2.05, 4.69) is 0 Å². The van der Waals surface area contributed by atoms with Gasteiger partial charge in [-0.05, 0) is 0 Å². The van der Waals surface area contributed by atoms with E-state index in [1.54, 1.807) is 0 Å². The third kappa shape index (κ3) is 0.541. The van der Waals surface area contributed by atoms with E-state index in [1.165, 1.54) is 0 Å². The molecule has 0 amide bonds. The predicted molar refractivity (Wildman–Crippen MR) is 20.6 cm³/mol. The fourth-order valence-electron chi connectivity index (χ4n) is 0.446. The molecule has 0 saturated heterocycles. The van der Waals surface area contributed by atoms with Crippen LogP contribution in [0.3, 0.4) is 0 Å². The van der Waals surface area contributed by atoms with Gasteiger partial charge in [-0.15, -0.1) is 0 Å². The Morgan fingerprint density at radius 2 is 1.67 bits per heavy atom. The highest BCUT2D eigenvalue weighted by Gasteiger charge is 2.66. The normalized spacial score (nSPS) is 28.7. The summed E-state index contributed by atoms with van der Waals surface area (Å²) in [6.45, 7) is 0. The lowest BCUT2D eigenvalue weighted by molar-refractivity contribution is -0.201. The van der Waals surface area contributed by atoms with Crippen molar-refractivity contribution in [2.24, 2.45) is 0 Å². The Morgan fingerprint density at radius 3 is 1.67 bits per heavy atom. The first-order valence-corrected chi connectivity index (χ1v) is 2.06. The molecule has 0 heterocycles. The molecule has 9 heavy (non-hydrogen) atoms. The third-order valence-corrected chi connectivity index (χ3v) is 1.06. The molecule has 0 aliphatic heterocycles. The van der Waals surface area contributed by atoms with E-state index in [0.717, 1.165) is 0 Å². The van der Waals surface area contributed by atoms with Gasteiger partial charge in [0.2, 0.25) is 0 Å². The first kappa shape index (κ1) is 6.38. The van der Waals surface area contributed by atoms with Crippen LogP contribution in [-0.2, 0) is 0 Å². The summed E-state index contributed by atoms with van der Waals surface area (Å²) in [7, 11) is 0. The molecule has 0 bridgehead atoms. The number of aliphatic hydroxyl groups excluding tert-OH is 1. The Labute approximate surface area is 47.6 Å². The molecule has 1 aliphatic rings. The van der Waals surface area contributed by atoms with Gasteiger partial charge in [-0.25, -0.2) is 0 Å². The van der Waals surface area contributed by atoms with Crippen LogP contribution >= 0.6 is 0 Å². The summed E-state index contributed by atoms with van der Waals surface area (Å²) in [5.74, 6) is -10.0. The fraction of sp³-hybridized carbons (Fsp3) is 0.500. The number of hydrogen-bond acceptors (Lipinski definition) is 1. The van der Waals surface area contributed by atoms with Crippen LogP contribution < -0.4 is 0 Å². The highest BCUT2D eigenvalue weighted by Crippen LogP contribution is 2.48. The first-order valence-electron chi connectivity index (χ1n) is 2.06. The summed E-state index contributed by atoms with van der Waals surface area (Å²) < 4.78 is 46.4.